The SMILES string of the molecule is CSc1ccccc1NC(=O)CN(C)C(=O)CN(C)S(=O)(=O)c1ccc(Cl)s1. The average Bonchev–Trinajstić information content (AvgIpc) is 3.09. The molecule has 0 bridgehead atoms. The van der Waals surface area contributed by atoms with Crippen LogP contribution >= 0.6 is 34.7 Å². The summed E-state index contributed by atoms with van der Waals surface area (Å²) in [6.45, 7) is -0.580. The predicted octanol–water partition coefficient (Wildman–Crippen LogP) is 2.84. The molecule has 1 aromatic carbocycles. The number of sulfonamides is 1. The number of para-hydroxylation sites is 1. The van der Waals surface area contributed by atoms with Crippen molar-refractivity contribution < 1.29 is 18.0 Å². The molecule has 0 fully saturated rings. The van der Waals surface area contributed by atoms with E-state index in [9.17, 15) is 18.0 Å². The number of hydrogen-bond donors (Lipinski definition) is 1. The minimum atomic E-state index is -3.82. The van der Waals surface area contributed by atoms with Crippen molar-refractivity contribution in [2.75, 3.05) is 38.8 Å². The fraction of sp³-hybridized carbons (Fsp3) is 0.294. The highest BCUT2D eigenvalue weighted by atomic mass is 35.5. The van der Waals surface area contributed by atoms with Crippen molar-refractivity contribution in [2.45, 2.75) is 9.10 Å². The summed E-state index contributed by atoms with van der Waals surface area (Å²) in [4.78, 5) is 26.7. The van der Waals surface area contributed by atoms with Gasteiger partial charge < -0.3 is 10.2 Å². The first-order valence-corrected chi connectivity index (χ1v) is 11.9. The van der Waals surface area contributed by atoms with Gasteiger partial charge in [-0.1, -0.05) is 23.7 Å². The van der Waals surface area contributed by atoms with Gasteiger partial charge in [0.25, 0.3) is 10.0 Å². The molecule has 0 atom stereocenters. The van der Waals surface area contributed by atoms with Crippen molar-refractivity contribution in [3.8, 4) is 0 Å². The number of benzene rings is 1. The number of thioether (sulfide) groups is 1. The van der Waals surface area contributed by atoms with Crippen molar-refractivity contribution in [2.24, 2.45) is 0 Å². The molecule has 0 aliphatic rings. The number of thiophene rings is 1. The second-order valence-corrected chi connectivity index (χ2v) is 10.7. The minimum Gasteiger partial charge on any atom is -0.335 e. The maximum Gasteiger partial charge on any atom is 0.252 e. The third-order valence-corrected chi connectivity index (χ3v) is 8.06. The molecular formula is C17H20ClN3O4S3. The number of nitrogens with zero attached hydrogens (tertiary/aromatic N) is 2. The lowest BCUT2D eigenvalue weighted by molar-refractivity contribution is -0.133. The summed E-state index contributed by atoms with van der Waals surface area (Å²) in [5.41, 5.74) is 0.662. The molecule has 2 rings (SSSR count). The number of likely N-dealkylation sites (N-methyl/N-ethyl adjacent to an activating group) is 2. The highest BCUT2D eigenvalue weighted by Crippen LogP contribution is 2.27. The number of amides is 2. The monoisotopic (exact) mass is 461 g/mol. The van der Waals surface area contributed by atoms with Gasteiger partial charge in [-0.15, -0.1) is 23.1 Å². The molecule has 0 unspecified atom stereocenters. The van der Waals surface area contributed by atoms with Gasteiger partial charge in [-0.3, -0.25) is 9.59 Å². The standard InChI is InChI=1S/C17H20ClN3O4S3/c1-20(10-15(22)19-12-6-4-5-7-13(12)26-3)16(23)11-21(2)28(24,25)17-9-8-14(18)27-17/h4-9H,10-11H2,1-3H3,(H,19,22). The first-order valence-electron chi connectivity index (χ1n) is 8.03. The van der Waals surface area contributed by atoms with Gasteiger partial charge >= 0.3 is 0 Å². The van der Waals surface area contributed by atoms with Crippen LogP contribution in [-0.2, 0) is 19.6 Å². The molecule has 2 amide bonds. The van der Waals surface area contributed by atoms with E-state index in [-0.39, 0.29) is 23.2 Å². The van der Waals surface area contributed by atoms with E-state index < -0.39 is 15.9 Å². The second kappa shape index (κ2) is 9.75. The molecule has 0 saturated heterocycles. The predicted molar refractivity (Wildman–Crippen MR) is 114 cm³/mol. The van der Waals surface area contributed by atoms with Gasteiger partial charge in [0.15, 0.2) is 0 Å². The smallest absolute Gasteiger partial charge is 0.252 e. The first kappa shape index (κ1) is 22.7. The molecule has 11 heteroatoms. The van der Waals surface area contributed by atoms with Crippen molar-refractivity contribution in [3.63, 3.8) is 0 Å². The van der Waals surface area contributed by atoms with Crippen LogP contribution in [0.3, 0.4) is 0 Å². The van der Waals surface area contributed by atoms with E-state index in [1.165, 1.54) is 42.9 Å². The van der Waals surface area contributed by atoms with Crippen LogP contribution < -0.4 is 5.32 Å². The summed E-state index contributed by atoms with van der Waals surface area (Å²) in [7, 11) is -1.06. The van der Waals surface area contributed by atoms with E-state index in [0.717, 1.165) is 20.5 Å². The van der Waals surface area contributed by atoms with Crippen LogP contribution in [-0.4, -0.2) is 62.9 Å². The number of hydrogen-bond acceptors (Lipinski definition) is 6. The second-order valence-electron chi connectivity index (χ2n) is 5.82. The van der Waals surface area contributed by atoms with Gasteiger partial charge in [0.2, 0.25) is 11.8 Å². The number of halogens is 1. The van der Waals surface area contributed by atoms with Gasteiger partial charge in [-0.05, 0) is 30.5 Å². The Hall–Kier alpha value is -1.59. The van der Waals surface area contributed by atoms with E-state index in [2.05, 4.69) is 5.32 Å². The van der Waals surface area contributed by atoms with E-state index in [1.54, 1.807) is 12.1 Å². The summed E-state index contributed by atoms with van der Waals surface area (Å²) >= 11 is 8.20. The van der Waals surface area contributed by atoms with Crippen LogP contribution in [0.2, 0.25) is 4.34 Å². The summed E-state index contributed by atoms with van der Waals surface area (Å²) in [6.07, 6.45) is 1.90. The lowest BCUT2D eigenvalue weighted by Gasteiger charge is -2.21. The van der Waals surface area contributed by atoms with Gasteiger partial charge in [0.1, 0.15) is 4.21 Å². The van der Waals surface area contributed by atoms with Crippen molar-refractivity contribution in [1.82, 2.24) is 9.21 Å². The Balaban J connectivity index is 1.95. The number of carbonyl (C=O) groups is 2. The first-order chi connectivity index (χ1) is 13.1. The molecule has 0 radical (unpaired) electrons. The number of anilines is 1. The fourth-order valence-electron chi connectivity index (χ4n) is 2.23. The molecule has 152 valence electrons. The van der Waals surface area contributed by atoms with Gasteiger partial charge in [0, 0.05) is 19.0 Å². The van der Waals surface area contributed by atoms with Crippen LogP contribution in [0.5, 0.6) is 0 Å². The molecule has 28 heavy (non-hydrogen) atoms. The molecule has 0 saturated carbocycles. The largest absolute Gasteiger partial charge is 0.335 e. The Kier molecular flexibility index (Phi) is 7.90. The number of nitrogens with one attached hydrogen (secondary N) is 1. The zero-order valence-electron chi connectivity index (χ0n) is 15.5. The Morgan fingerprint density at radius 2 is 1.82 bits per heavy atom. The zero-order chi connectivity index (χ0) is 20.9. The van der Waals surface area contributed by atoms with Crippen molar-refractivity contribution in [1.29, 1.82) is 0 Å². The van der Waals surface area contributed by atoms with Gasteiger partial charge in [-0.25, -0.2) is 8.42 Å². The third-order valence-electron chi connectivity index (χ3n) is 3.76. The molecule has 1 aromatic heterocycles. The highest BCUT2D eigenvalue weighted by molar-refractivity contribution is 7.98. The average molecular weight is 462 g/mol. The van der Waals surface area contributed by atoms with E-state index in [1.807, 2.05) is 18.4 Å². The Bertz CT molecular complexity index is 962. The quantitative estimate of drug-likeness (QED) is 0.611. The normalized spacial score (nSPS) is 11.5. The van der Waals surface area contributed by atoms with Crippen molar-refractivity contribution in [3.05, 3.63) is 40.7 Å². The zero-order valence-corrected chi connectivity index (χ0v) is 18.7. The van der Waals surface area contributed by atoms with Gasteiger partial charge in [0.05, 0.1) is 23.1 Å². The highest BCUT2D eigenvalue weighted by Gasteiger charge is 2.26. The van der Waals surface area contributed by atoms with Crippen LogP contribution in [0.25, 0.3) is 0 Å². The summed E-state index contributed by atoms with van der Waals surface area (Å²) in [5, 5.41) is 2.76. The topological polar surface area (TPSA) is 86.8 Å². The minimum absolute atomic E-state index is 0.0573. The molecule has 1 N–H and O–H groups in total. The Morgan fingerprint density at radius 3 is 2.43 bits per heavy atom. The summed E-state index contributed by atoms with van der Waals surface area (Å²) in [5.74, 6) is -0.866. The summed E-state index contributed by atoms with van der Waals surface area (Å²) in [6, 6.07) is 10.2. The maximum atomic E-state index is 12.5. The van der Waals surface area contributed by atoms with Crippen LogP contribution in [0.4, 0.5) is 5.69 Å². The number of carbonyl (C=O) groups excluding carboxylic acids is 2. The molecule has 0 aliphatic heterocycles. The van der Waals surface area contributed by atoms with Gasteiger partial charge in [-0.2, -0.15) is 4.31 Å². The molecule has 1 heterocycles. The lowest BCUT2D eigenvalue weighted by atomic mass is 10.3. The van der Waals surface area contributed by atoms with E-state index in [0.29, 0.717) is 10.0 Å². The van der Waals surface area contributed by atoms with E-state index >= 15 is 0 Å². The Morgan fingerprint density at radius 1 is 1.14 bits per heavy atom. The van der Waals surface area contributed by atoms with Crippen LogP contribution in [0.15, 0.2) is 45.5 Å². The molecule has 7 nitrogen and oxygen atoms in total. The fourth-order valence-corrected chi connectivity index (χ4v) is 5.59. The lowest BCUT2D eigenvalue weighted by Crippen LogP contribution is -2.42. The number of rotatable bonds is 8. The molecular weight excluding hydrogens is 442 g/mol. The molecule has 2 aromatic rings. The Labute approximate surface area is 177 Å². The van der Waals surface area contributed by atoms with Crippen LogP contribution in [0, 0.1) is 0 Å². The van der Waals surface area contributed by atoms with E-state index in [4.69, 9.17) is 11.6 Å². The third kappa shape index (κ3) is 5.71. The van der Waals surface area contributed by atoms with Crippen LogP contribution in [0.1, 0.15) is 0 Å². The van der Waals surface area contributed by atoms with Crippen molar-refractivity contribution >= 4 is 62.2 Å². The maximum absolute atomic E-state index is 12.5. The molecule has 0 aliphatic carbocycles. The molecule has 0 spiro atoms. The summed E-state index contributed by atoms with van der Waals surface area (Å²) < 4.78 is 26.3.